The Kier molecular flexibility index (Phi) is 4.51. The number of hydrogen-bond donors (Lipinski definition) is 1. The van der Waals surface area contributed by atoms with Crippen LogP contribution in [0, 0.1) is 0 Å². The highest BCUT2D eigenvalue weighted by molar-refractivity contribution is 5.98. The molecule has 0 bridgehead atoms. The van der Waals surface area contributed by atoms with Gasteiger partial charge in [-0.2, -0.15) is 4.98 Å². The number of amides is 1. The number of anilines is 1. The first-order chi connectivity index (χ1) is 11.7. The molecule has 1 N–H and O–H groups in total. The standard InChI is InChI=1S/C17H17N5O2/c1-12(10-13-6-3-4-7-14(13)24-2)11-15(23)19-16-20-17-18-8-5-9-22(17)21-16/h3-9,11H,10H2,1-2H3,(H,19,21,23). The van der Waals surface area contributed by atoms with E-state index in [0.29, 0.717) is 12.2 Å². The maximum atomic E-state index is 12.1. The highest BCUT2D eigenvalue weighted by atomic mass is 16.5. The van der Waals surface area contributed by atoms with E-state index in [2.05, 4.69) is 20.4 Å². The van der Waals surface area contributed by atoms with Crippen LogP contribution in [0.2, 0.25) is 0 Å². The van der Waals surface area contributed by atoms with E-state index in [1.165, 1.54) is 10.6 Å². The zero-order valence-corrected chi connectivity index (χ0v) is 13.4. The molecule has 3 aromatic rings. The molecule has 0 aliphatic rings. The number of aromatic nitrogens is 4. The number of nitrogens with zero attached hydrogens (tertiary/aromatic N) is 4. The number of para-hydroxylation sites is 1. The van der Waals surface area contributed by atoms with Gasteiger partial charge in [-0.15, -0.1) is 5.10 Å². The van der Waals surface area contributed by atoms with Gasteiger partial charge >= 0.3 is 0 Å². The van der Waals surface area contributed by atoms with Crippen LogP contribution < -0.4 is 10.1 Å². The van der Waals surface area contributed by atoms with Gasteiger partial charge in [-0.05, 0) is 31.0 Å². The number of rotatable bonds is 5. The second kappa shape index (κ2) is 6.91. The third-order valence-corrected chi connectivity index (χ3v) is 3.39. The molecular formula is C17H17N5O2. The second-order valence-electron chi connectivity index (χ2n) is 5.27. The van der Waals surface area contributed by atoms with Gasteiger partial charge in [-0.3, -0.25) is 10.1 Å². The summed E-state index contributed by atoms with van der Waals surface area (Å²) in [4.78, 5) is 20.3. The smallest absolute Gasteiger partial charge is 0.253 e. The predicted molar refractivity (Wildman–Crippen MR) is 89.9 cm³/mol. The Morgan fingerprint density at radius 2 is 2.17 bits per heavy atom. The van der Waals surface area contributed by atoms with Crippen LogP contribution in [0.1, 0.15) is 12.5 Å². The van der Waals surface area contributed by atoms with Crippen molar-refractivity contribution in [1.29, 1.82) is 0 Å². The van der Waals surface area contributed by atoms with Crippen molar-refractivity contribution in [2.24, 2.45) is 0 Å². The lowest BCUT2D eigenvalue weighted by atomic mass is 10.1. The molecule has 0 spiro atoms. The summed E-state index contributed by atoms with van der Waals surface area (Å²) in [7, 11) is 1.63. The molecule has 24 heavy (non-hydrogen) atoms. The summed E-state index contributed by atoms with van der Waals surface area (Å²) in [5, 5.41) is 6.78. The lowest BCUT2D eigenvalue weighted by Gasteiger charge is -2.08. The number of benzene rings is 1. The van der Waals surface area contributed by atoms with Crippen molar-refractivity contribution in [1.82, 2.24) is 19.6 Å². The first kappa shape index (κ1) is 15.7. The van der Waals surface area contributed by atoms with Gasteiger partial charge in [0.25, 0.3) is 17.6 Å². The zero-order valence-electron chi connectivity index (χ0n) is 13.4. The molecule has 2 aromatic heterocycles. The molecule has 0 saturated carbocycles. The maximum Gasteiger partial charge on any atom is 0.253 e. The van der Waals surface area contributed by atoms with Crippen molar-refractivity contribution < 1.29 is 9.53 Å². The largest absolute Gasteiger partial charge is 0.496 e. The maximum absolute atomic E-state index is 12.1. The van der Waals surface area contributed by atoms with E-state index in [1.807, 2.05) is 31.2 Å². The summed E-state index contributed by atoms with van der Waals surface area (Å²) in [5.74, 6) is 1.18. The molecule has 0 fully saturated rings. The van der Waals surface area contributed by atoms with Crippen molar-refractivity contribution in [2.45, 2.75) is 13.3 Å². The van der Waals surface area contributed by atoms with Gasteiger partial charge in [0.15, 0.2) is 0 Å². The molecule has 7 nitrogen and oxygen atoms in total. The van der Waals surface area contributed by atoms with Gasteiger partial charge in [-0.1, -0.05) is 23.8 Å². The zero-order chi connectivity index (χ0) is 16.9. The van der Waals surface area contributed by atoms with Crippen molar-refractivity contribution in [3.63, 3.8) is 0 Å². The highest BCUT2D eigenvalue weighted by Gasteiger charge is 2.08. The van der Waals surface area contributed by atoms with Crippen LogP contribution in [-0.2, 0) is 11.2 Å². The summed E-state index contributed by atoms with van der Waals surface area (Å²) in [6.45, 7) is 1.89. The van der Waals surface area contributed by atoms with E-state index in [-0.39, 0.29) is 11.9 Å². The normalized spacial score (nSPS) is 11.5. The lowest BCUT2D eigenvalue weighted by molar-refractivity contribution is -0.112. The first-order valence-electron chi connectivity index (χ1n) is 7.43. The molecular weight excluding hydrogens is 306 g/mol. The minimum Gasteiger partial charge on any atom is -0.496 e. The molecule has 1 aromatic carbocycles. The van der Waals surface area contributed by atoms with Crippen LogP contribution in [0.4, 0.5) is 5.95 Å². The van der Waals surface area contributed by atoms with E-state index in [1.54, 1.807) is 25.6 Å². The van der Waals surface area contributed by atoms with Crippen molar-refractivity contribution in [3.8, 4) is 5.75 Å². The Morgan fingerprint density at radius 1 is 1.33 bits per heavy atom. The summed E-state index contributed by atoms with van der Waals surface area (Å²) in [6.07, 6.45) is 5.49. The van der Waals surface area contributed by atoms with Crippen LogP contribution in [0.5, 0.6) is 5.75 Å². The Bertz CT molecular complexity index is 868. The molecule has 3 rings (SSSR count). The van der Waals surface area contributed by atoms with Crippen LogP contribution >= 0.6 is 0 Å². The van der Waals surface area contributed by atoms with Crippen molar-refractivity contribution >= 4 is 17.6 Å². The number of ether oxygens (including phenoxy) is 1. The van der Waals surface area contributed by atoms with Gasteiger partial charge in [-0.25, -0.2) is 9.50 Å². The fourth-order valence-corrected chi connectivity index (χ4v) is 2.36. The first-order valence-corrected chi connectivity index (χ1v) is 7.43. The van der Waals surface area contributed by atoms with E-state index < -0.39 is 0 Å². The third-order valence-electron chi connectivity index (χ3n) is 3.39. The van der Waals surface area contributed by atoms with E-state index in [4.69, 9.17) is 4.74 Å². The average molecular weight is 323 g/mol. The van der Waals surface area contributed by atoms with Gasteiger partial charge < -0.3 is 4.74 Å². The molecule has 0 atom stereocenters. The quantitative estimate of drug-likeness (QED) is 0.728. The molecule has 0 aliphatic carbocycles. The van der Waals surface area contributed by atoms with Gasteiger partial charge in [0.2, 0.25) is 0 Å². The van der Waals surface area contributed by atoms with E-state index in [9.17, 15) is 4.79 Å². The lowest BCUT2D eigenvalue weighted by Crippen LogP contribution is -2.10. The fourth-order valence-electron chi connectivity index (χ4n) is 2.36. The Morgan fingerprint density at radius 3 is 2.96 bits per heavy atom. The van der Waals surface area contributed by atoms with Gasteiger partial charge in [0.1, 0.15) is 5.75 Å². The number of nitrogens with one attached hydrogen (secondary N) is 1. The molecule has 7 heteroatoms. The SMILES string of the molecule is COc1ccccc1CC(C)=CC(=O)Nc1nc2ncccn2n1. The number of carbonyl (C=O) groups excluding carboxylic acids is 1. The average Bonchev–Trinajstić information content (AvgIpc) is 2.97. The molecule has 0 radical (unpaired) electrons. The monoisotopic (exact) mass is 323 g/mol. The summed E-state index contributed by atoms with van der Waals surface area (Å²) < 4.78 is 6.82. The Hall–Kier alpha value is -3.22. The molecule has 2 heterocycles. The van der Waals surface area contributed by atoms with Crippen LogP contribution in [0.3, 0.4) is 0 Å². The number of allylic oxidation sites excluding steroid dienone is 1. The van der Waals surface area contributed by atoms with E-state index >= 15 is 0 Å². The number of fused-ring (bicyclic) bond motifs is 1. The minimum absolute atomic E-state index is 0.222. The molecule has 0 aliphatic heterocycles. The van der Waals surface area contributed by atoms with Crippen LogP contribution in [0.15, 0.2) is 54.4 Å². The van der Waals surface area contributed by atoms with E-state index in [0.717, 1.165) is 16.9 Å². The van der Waals surface area contributed by atoms with Crippen LogP contribution in [-0.4, -0.2) is 32.6 Å². The Balaban J connectivity index is 1.69. The molecule has 122 valence electrons. The van der Waals surface area contributed by atoms with Gasteiger partial charge in [0, 0.05) is 18.5 Å². The summed E-state index contributed by atoms with van der Waals surface area (Å²) >= 11 is 0. The van der Waals surface area contributed by atoms with Crippen LogP contribution in [0.25, 0.3) is 5.78 Å². The minimum atomic E-state index is -0.279. The molecule has 0 unspecified atom stereocenters. The highest BCUT2D eigenvalue weighted by Crippen LogP contribution is 2.20. The van der Waals surface area contributed by atoms with Crippen molar-refractivity contribution in [3.05, 3.63) is 59.9 Å². The topological polar surface area (TPSA) is 81.4 Å². The second-order valence-corrected chi connectivity index (χ2v) is 5.27. The number of carbonyl (C=O) groups is 1. The number of methoxy groups -OCH3 is 1. The molecule has 0 saturated heterocycles. The molecule has 1 amide bonds. The predicted octanol–water partition coefficient (Wildman–Crippen LogP) is 2.26. The summed E-state index contributed by atoms with van der Waals surface area (Å²) in [5.41, 5.74) is 1.93. The Labute approximate surface area is 139 Å². The number of hydrogen-bond acceptors (Lipinski definition) is 5. The summed E-state index contributed by atoms with van der Waals surface area (Å²) in [6, 6.07) is 9.47. The third kappa shape index (κ3) is 3.57. The van der Waals surface area contributed by atoms with Crippen molar-refractivity contribution in [2.75, 3.05) is 12.4 Å². The van der Waals surface area contributed by atoms with Gasteiger partial charge in [0.05, 0.1) is 7.11 Å². The fraction of sp³-hybridized carbons (Fsp3) is 0.176.